The van der Waals surface area contributed by atoms with Gasteiger partial charge in [-0.3, -0.25) is 4.79 Å². The van der Waals surface area contributed by atoms with Crippen LogP contribution in [0.3, 0.4) is 0 Å². The summed E-state index contributed by atoms with van der Waals surface area (Å²) in [6.45, 7) is 7.37. The van der Waals surface area contributed by atoms with Crippen molar-refractivity contribution in [1.82, 2.24) is 4.90 Å². The second-order valence-corrected chi connectivity index (χ2v) is 5.82. The smallest absolute Gasteiger partial charge is 0.227 e. The Morgan fingerprint density at radius 3 is 2.71 bits per heavy atom. The fraction of sp³-hybridized carbons (Fsp3) is 0.929. The van der Waals surface area contributed by atoms with E-state index in [1.54, 1.807) is 0 Å². The van der Waals surface area contributed by atoms with Crippen molar-refractivity contribution < 1.29 is 4.79 Å². The highest BCUT2D eigenvalue weighted by Gasteiger charge is 2.34. The van der Waals surface area contributed by atoms with Crippen molar-refractivity contribution in [2.24, 2.45) is 23.5 Å². The molecule has 0 aromatic carbocycles. The van der Waals surface area contributed by atoms with Crippen LogP contribution in [0.1, 0.15) is 46.5 Å². The molecule has 0 heterocycles. The minimum atomic E-state index is 0.0489. The monoisotopic (exact) mass is 240 g/mol. The quantitative estimate of drug-likeness (QED) is 0.819. The lowest BCUT2D eigenvalue weighted by atomic mass is 9.77. The molecule has 17 heavy (non-hydrogen) atoms. The predicted molar refractivity (Wildman–Crippen MR) is 71.6 cm³/mol. The minimum Gasteiger partial charge on any atom is -0.345 e. The Balaban J connectivity index is 2.56. The molecule has 4 unspecified atom stereocenters. The van der Waals surface area contributed by atoms with Gasteiger partial charge in [0.1, 0.15) is 0 Å². The molecule has 1 amide bonds. The number of rotatable bonds is 4. The molecule has 0 bridgehead atoms. The number of carbonyl (C=O) groups excluding carboxylic acids is 1. The van der Waals surface area contributed by atoms with E-state index in [0.717, 1.165) is 25.8 Å². The van der Waals surface area contributed by atoms with Crippen molar-refractivity contribution >= 4 is 5.91 Å². The van der Waals surface area contributed by atoms with Crippen molar-refractivity contribution in [3.63, 3.8) is 0 Å². The van der Waals surface area contributed by atoms with Gasteiger partial charge in [-0.05, 0) is 24.7 Å². The Morgan fingerprint density at radius 2 is 2.12 bits per heavy atom. The molecule has 0 aromatic rings. The SMILES string of the molecule is CCC(C)CN(C)C(=O)C1CCCC(C)C1N. The zero-order valence-corrected chi connectivity index (χ0v) is 11.8. The van der Waals surface area contributed by atoms with Crippen LogP contribution in [0.2, 0.25) is 0 Å². The summed E-state index contributed by atoms with van der Waals surface area (Å²) in [5.41, 5.74) is 6.18. The number of carbonyl (C=O) groups is 1. The van der Waals surface area contributed by atoms with Crippen LogP contribution in [0.15, 0.2) is 0 Å². The summed E-state index contributed by atoms with van der Waals surface area (Å²) in [6.07, 6.45) is 4.39. The summed E-state index contributed by atoms with van der Waals surface area (Å²) in [6, 6.07) is 0.0515. The molecule has 1 fully saturated rings. The highest BCUT2D eigenvalue weighted by Crippen LogP contribution is 2.29. The topological polar surface area (TPSA) is 46.3 Å². The highest BCUT2D eigenvalue weighted by atomic mass is 16.2. The molecule has 0 saturated heterocycles. The Bertz CT molecular complexity index is 255. The van der Waals surface area contributed by atoms with E-state index in [4.69, 9.17) is 5.73 Å². The van der Waals surface area contributed by atoms with Gasteiger partial charge < -0.3 is 10.6 Å². The van der Waals surface area contributed by atoms with E-state index in [9.17, 15) is 4.79 Å². The number of nitrogens with zero attached hydrogens (tertiary/aromatic N) is 1. The fourth-order valence-electron chi connectivity index (χ4n) is 2.70. The fourth-order valence-corrected chi connectivity index (χ4v) is 2.70. The molecule has 100 valence electrons. The van der Waals surface area contributed by atoms with Crippen LogP contribution in [-0.2, 0) is 4.79 Å². The van der Waals surface area contributed by atoms with Crippen molar-refractivity contribution in [3.8, 4) is 0 Å². The van der Waals surface area contributed by atoms with Gasteiger partial charge in [0.25, 0.3) is 0 Å². The molecule has 1 aliphatic carbocycles. The van der Waals surface area contributed by atoms with E-state index in [2.05, 4.69) is 20.8 Å². The first-order valence-corrected chi connectivity index (χ1v) is 6.97. The lowest BCUT2D eigenvalue weighted by Crippen LogP contribution is -2.48. The molecular formula is C14H28N2O. The third kappa shape index (κ3) is 3.70. The maximum Gasteiger partial charge on any atom is 0.227 e. The van der Waals surface area contributed by atoms with E-state index >= 15 is 0 Å². The van der Waals surface area contributed by atoms with Gasteiger partial charge in [-0.1, -0.05) is 33.6 Å². The Labute approximate surface area is 106 Å². The van der Waals surface area contributed by atoms with Crippen LogP contribution in [-0.4, -0.2) is 30.4 Å². The molecule has 3 nitrogen and oxygen atoms in total. The maximum absolute atomic E-state index is 12.4. The third-order valence-corrected chi connectivity index (χ3v) is 4.27. The van der Waals surface area contributed by atoms with Gasteiger partial charge in [-0.25, -0.2) is 0 Å². The second-order valence-electron chi connectivity index (χ2n) is 5.82. The molecule has 2 N–H and O–H groups in total. The number of nitrogens with two attached hydrogens (primary N) is 1. The van der Waals surface area contributed by atoms with E-state index in [1.165, 1.54) is 6.42 Å². The van der Waals surface area contributed by atoms with E-state index < -0.39 is 0 Å². The van der Waals surface area contributed by atoms with Gasteiger partial charge >= 0.3 is 0 Å². The Morgan fingerprint density at radius 1 is 1.47 bits per heavy atom. The normalized spacial score (nSPS) is 31.0. The van der Waals surface area contributed by atoms with Gasteiger partial charge in [0, 0.05) is 19.6 Å². The Hall–Kier alpha value is -0.570. The first-order chi connectivity index (χ1) is 7.97. The third-order valence-electron chi connectivity index (χ3n) is 4.27. The molecule has 1 rings (SSSR count). The number of hydrogen-bond donors (Lipinski definition) is 1. The number of hydrogen-bond acceptors (Lipinski definition) is 2. The molecule has 0 aromatic heterocycles. The minimum absolute atomic E-state index is 0.0489. The second kappa shape index (κ2) is 6.39. The summed E-state index contributed by atoms with van der Waals surface area (Å²) < 4.78 is 0. The molecule has 1 aliphatic rings. The predicted octanol–water partition coefficient (Wildman–Crippen LogP) is 2.25. The summed E-state index contributed by atoms with van der Waals surface area (Å²) in [4.78, 5) is 14.2. The van der Waals surface area contributed by atoms with Crippen LogP contribution >= 0.6 is 0 Å². The largest absolute Gasteiger partial charge is 0.345 e. The summed E-state index contributed by atoms with van der Waals surface area (Å²) in [7, 11) is 1.92. The van der Waals surface area contributed by atoms with Gasteiger partial charge in [-0.15, -0.1) is 0 Å². The summed E-state index contributed by atoms with van der Waals surface area (Å²) in [5.74, 6) is 1.35. The van der Waals surface area contributed by atoms with E-state index in [-0.39, 0.29) is 17.9 Å². The first-order valence-electron chi connectivity index (χ1n) is 6.97. The lowest BCUT2D eigenvalue weighted by molar-refractivity contribution is -0.136. The van der Waals surface area contributed by atoms with Crippen LogP contribution in [0, 0.1) is 17.8 Å². The van der Waals surface area contributed by atoms with Crippen molar-refractivity contribution in [2.45, 2.75) is 52.5 Å². The highest BCUT2D eigenvalue weighted by molar-refractivity contribution is 5.79. The summed E-state index contributed by atoms with van der Waals surface area (Å²) in [5, 5.41) is 0. The molecule has 3 heteroatoms. The van der Waals surface area contributed by atoms with Crippen LogP contribution < -0.4 is 5.73 Å². The van der Waals surface area contributed by atoms with Crippen LogP contribution in [0.25, 0.3) is 0 Å². The van der Waals surface area contributed by atoms with Crippen molar-refractivity contribution in [2.75, 3.05) is 13.6 Å². The molecule has 0 spiro atoms. The number of amides is 1. The molecule has 4 atom stereocenters. The molecule has 0 aliphatic heterocycles. The molecular weight excluding hydrogens is 212 g/mol. The summed E-state index contributed by atoms with van der Waals surface area (Å²) >= 11 is 0. The van der Waals surface area contributed by atoms with Crippen molar-refractivity contribution in [3.05, 3.63) is 0 Å². The lowest BCUT2D eigenvalue weighted by Gasteiger charge is -2.35. The van der Waals surface area contributed by atoms with Gasteiger partial charge in [0.2, 0.25) is 5.91 Å². The molecule has 0 radical (unpaired) electrons. The zero-order valence-electron chi connectivity index (χ0n) is 11.8. The van der Waals surface area contributed by atoms with Crippen LogP contribution in [0.5, 0.6) is 0 Å². The van der Waals surface area contributed by atoms with Crippen molar-refractivity contribution in [1.29, 1.82) is 0 Å². The maximum atomic E-state index is 12.4. The Kier molecular flexibility index (Phi) is 5.44. The van der Waals surface area contributed by atoms with Gasteiger partial charge in [0.05, 0.1) is 5.92 Å². The van der Waals surface area contributed by atoms with E-state index in [1.807, 2.05) is 11.9 Å². The van der Waals surface area contributed by atoms with Gasteiger partial charge in [-0.2, -0.15) is 0 Å². The standard InChI is InChI=1S/C14H28N2O/c1-5-10(2)9-16(4)14(17)12-8-6-7-11(3)13(12)15/h10-13H,5-9,15H2,1-4H3. The average Bonchev–Trinajstić information content (AvgIpc) is 2.31. The van der Waals surface area contributed by atoms with Crippen LogP contribution in [0.4, 0.5) is 0 Å². The first kappa shape index (κ1) is 14.5. The van der Waals surface area contributed by atoms with E-state index in [0.29, 0.717) is 11.8 Å². The average molecular weight is 240 g/mol. The zero-order chi connectivity index (χ0) is 13.0. The molecule has 1 saturated carbocycles. The van der Waals surface area contributed by atoms with Gasteiger partial charge in [0.15, 0.2) is 0 Å².